The summed E-state index contributed by atoms with van der Waals surface area (Å²) in [5.74, 6) is 0. The fourth-order valence-corrected chi connectivity index (χ4v) is 3.26. The molecule has 3 rings (SSSR count). The van der Waals surface area contributed by atoms with Gasteiger partial charge in [-0.2, -0.15) is 5.10 Å². The van der Waals surface area contributed by atoms with Crippen molar-refractivity contribution < 1.29 is 0 Å². The Kier molecular flexibility index (Phi) is 2.98. The molecule has 0 spiro atoms. The average Bonchev–Trinajstić information content (AvgIpc) is 2.74. The van der Waals surface area contributed by atoms with Crippen molar-refractivity contribution in [2.24, 2.45) is 11.1 Å². The Balaban J connectivity index is 2.16. The van der Waals surface area contributed by atoms with Crippen LogP contribution in [0.3, 0.4) is 0 Å². The molecule has 1 heterocycles. The topological polar surface area (TPSA) is 43.8 Å². The van der Waals surface area contributed by atoms with E-state index in [1.54, 1.807) is 0 Å². The van der Waals surface area contributed by atoms with Gasteiger partial charge in [-0.05, 0) is 49.3 Å². The van der Waals surface area contributed by atoms with Crippen LogP contribution < -0.4 is 5.73 Å². The zero-order valence-corrected chi connectivity index (χ0v) is 12.8. The molecule has 1 aromatic carbocycles. The standard InChI is InChI=1S/C17H23N3/c1-11-5-6-12(2)15(7-11)20-16-9-17(3,4)8-14(18)13(16)10-19-20/h5-7,10,14H,8-9,18H2,1-4H3. The SMILES string of the molecule is Cc1ccc(C)c(-n2ncc3c2CC(C)(C)CC3N)c1. The lowest BCUT2D eigenvalue weighted by atomic mass is 9.74. The zero-order chi connectivity index (χ0) is 14.5. The fraction of sp³-hybridized carbons (Fsp3) is 0.471. The van der Waals surface area contributed by atoms with Crippen LogP contribution in [0.5, 0.6) is 0 Å². The van der Waals surface area contributed by atoms with Crippen molar-refractivity contribution in [3.8, 4) is 5.69 Å². The van der Waals surface area contributed by atoms with Gasteiger partial charge in [0.2, 0.25) is 0 Å². The smallest absolute Gasteiger partial charge is 0.0680 e. The molecule has 0 fully saturated rings. The molecule has 3 heteroatoms. The number of hydrogen-bond donors (Lipinski definition) is 1. The van der Waals surface area contributed by atoms with Gasteiger partial charge in [0.1, 0.15) is 0 Å². The molecule has 0 bridgehead atoms. The molecule has 1 aliphatic carbocycles. The van der Waals surface area contributed by atoms with Crippen molar-refractivity contribution in [1.82, 2.24) is 9.78 Å². The van der Waals surface area contributed by atoms with Gasteiger partial charge in [0, 0.05) is 17.3 Å². The summed E-state index contributed by atoms with van der Waals surface area (Å²) >= 11 is 0. The average molecular weight is 269 g/mol. The Morgan fingerprint density at radius 3 is 2.80 bits per heavy atom. The molecule has 0 saturated heterocycles. The Hall–Kier alpha value is -1.61. The lowest BCUT2D eigenvalue weighted by Crippen LogP contribution is -2.30. The molecule has 1 aliphatic rings. The van der Waals surface area contributed by atoms with Crippen molar-refractivity contribution in [2.75, 3.05) is 0 Å². The number of rotatable bonds is 1. The summed E-state index contributed by atoms with van der Waals surface area (Å²) in [7, 11) is 0. The zero-order valence-electron chi connectivity index (χ0n) is 12.8. The number of nitrogens with zero attached hydrogens (tertiary/aromatic N) is 2. The highest BCUT2D eigenvalue weighted by molar-refractivity contribution is 5.45. The Morgan fingerprint density at radius 2 is 2.05 bits per heavy atom. The number of aryl methyl sites for hydroxylation is 2. The number of benzene rings is 1. The normalized spacial score (nSPS) is 20.8. The highest BCUT2D eigenvalue weighted by Gasteiger charge is 2.33. The van der Waals surface area contributed by atoms with Gasteiger partial charge < -0.3 is 5.73 Å². The van der Waals surface area contributed by atoms with Crippen molar-refractivity contribution in [3.63, 3.8) is 0 Å². The van der Waals surface area contributed by atoms with Gasteiger partial charge >= 0.3 is 0 Å². The minimum atomic E-state index is 0.104. The predicted molar refractivity (Wildman–Crippen MR) is 82.1 cm³/mol. The first-order valence-corrected chi connectivity index (χ1v) is 7.27. The molecule has 1 atom stereocenters. The van der Waals surface area contributed by atoms with Crippen LogP contribution in [-0.4, -0.2) is 9.78 Å². The van der Waals surface area contributed by atoms with Crippen LogP contribution in [0.25, 0.3) is 5.69 Å². The summed E-state index contributed by atoms with van der Waals surface area (Å²) in [6.07, 6.45) is 4.01. The first-order valence-electron chi connectivity index (χ1n) is 7.27. The Labute approximate surface area is 120 Å². The van der Waals surface area contributed by atoms with Crippen LogP contribution in [0.15, 0.2) is 24.4 Å². The second-order valence-corrected chi connectivity index (χ2v) is 6.90. The molecular weight excluding hydrogens is 246 g/mol. The minimum Gasteiger partial charge on any atom is -0.324 e. The molecule has 1 unspecified atom stereocenters. The third-order valence-corrected chi connectivity index (χ3v) is 4.31. The second-order valence-electron chi connectivity index (χ2n) is 6.90. The molecule has 0 aliphatic heterocycles. The maximum absolute atomic E-state index is 6.33. The molecule has 0 amide bonds. The molecule has 0 saturated carbocycles. The first kappa shape index (κ1) is 13.4. The van der Waals surface area contributed by atoms with E-state index in [0.29, 0.717) is 0 Å². The van der Waals surface area contributed by atoms with Crippen LogP contribution in [-0.2, 0) is 6.42 Å². The van der Waals surface area contributed by atoms with Gasteiger partial charge in [0.05, 0.1) is 11.9 Å². The summed E-state index contributed by atoms with van der Waals surface area (Å²) in [6, 6.07) is 6.61. The van der Waals surface area contributed by atoms with E-state index in [2.05, 4.69) is 55.7 Å². The molecule has 2 aromatic rings. The van der Waals surface area contributed by atoms with Gasteiger partial charge in [-0.25, -0.2) is 4.68 Å². The van der Waals surface area contributed by atoms with Crippen LogP contribution in [0.1, 0.15) is 48.7 Å². The molecule has 20 heavy (non-hydrogen) atoms. The minimum absolute atomic E-state index is 0.104. The monoisotopic (exact) mass is 269 g/mol. The van der Waals surface area contributed by atoms with E-state index >= 15 is 0 Å². The van der Waals surface area contributed by atoms with Gasteiger partial charge in [-0.1, -0.05) is 26.0 Å². The van der Waals surface area contributed by atoms with E-state index in [-0.39, 0.29) is 11.5 Å². The lowest BCUT2D eigenvalue weighted by Gasteiger charge is -2.34. The fourth-order valence-electron chi connectivity index (χ4n) is 3.26. The summed E-state index contributed by atoms with van der Waals surface area (Å²) in [5, 5.41) is 4.62. The number of nitrogens with two attached hydrogens (primary N) is 1. The lowest BCUT2D eigenvalue weighted by molar-refractivity contribution is 0.278. The molecule has 3 nitrogen and oxygen atoms in total. The third kappa shape index (κ3) is 2.16. The van der Waals surface area contributed by atoms with Crippen molar-refractivity contribution in [2.45, 2.75) is 46.6 Å². The number of aromatic nitrogens is 2. The Morgan fingerprint density at radius 1 is 1.30 bits per heavy atom. The van der Waals surface area contributed by atoms with Crippen LogP contribution in [0.4, 0.5) is 0 Å². The maximum atomic E-state index is 6.33. The molecule has 106 valence electrons. The predicted octanol–water partition coefficient (Wildman–Crippen LogP) is 3.46. The van der Waals surface area contributed by atoms with E-state index in [9.17, 15) is 0 Å². The Bertz CT molecular complexity index is 652. The van der Waals surface area contributed by atoms with Crippen LogP contribution in [0, 0.1) is 19.3 Å². The molecular formula is C17H23N3. The summed E-state index contributed by atoms with van der Waals surface area (Å²) in [5.41, 5.74) is 12.7. The number of hydrogen-bond acceptors (Lipinski definition) is 2. The highest BCUT2D eigenvalue weighted by Crippen LogP contribution is 2.40. The maximum Gasteiger partial charge on any atom is 0.0680 e. The summed E-state index contributed by atoms with van der Waals surface area (Å²) in [6.45, 7) is 8.83. The summed E-state index contributed by atoms with van der Waals surface area (Å²) in [4.78, 5) is 0. The van der Waals surface area contributed by atoms with Crippen LogP contribution in [0.2, 0.25) is 0 Å². The molecule has 1 aromatic heterocycles. The van der Waals surface area contributed by atoms with E-state index < -0.39 is 0 Å². The first-order chi connectivity index (χ1) is 9.37. The van der Waals surface area contributed by atoms with Crippen LogP contribution >= 0.6 is 0 Å². The molecule has 2 N–H and O–H groups in total. The van der Waals surface area contributed by atoms with Gasteiger partial charge in [0.15, 0.2) is 0 Å². The quantitative estimate of drug-likeness (QED) is 0.861. The third-order valence-electron chi connectivity index (χ3n) is 4.31. The summed E-state index contributed by atoms with van der Waals surface area (Å²) < 4.78 is 2.10. The van der Waals surface area contributed by atoms with E-state index in [1.165, 1.54) is 28.1 Å². The van der Waals surface area contributed by atoms with E-state index in [0.717, 1.165) is 12.8 Å². The largest absolute Gasteiger partial charge is 0.324 e. The van der Waals surface area contributed by atoms with E-state index in [4.69, 9.17) is 5.73 Å². The van der Waals surface area contributed by atoms with E-state index in [1.807, 2.05) is 6.20 Å². The number of fused-ring (bicyclic) bond motifs is 1. The van der Waals surface area contributed by atoms with Gasteiger partial charge in [-0.15, -0.1) is 0 Å². The van der Waals surface area contributed by atoms with Crippen molar-refractivity contribution in [1.29, 1.82) is 0 Å². The van der Waals surface area contributed by atoms with Crippen molar-refractivity contribution in [3.05, 3.63) is 46.8 Å². The van der Waals surface area contributed by atoms with Gasteiger partial charge in [-0.3, -0.25) is 0 Å². The van der Waals surface area contributed by atoms with Gasteiger partial charge in [0.25, 0.3) is 0 Å². The molecule has 0 radical (unpaired) electrons. The highest BCUT2D eigenvalue weighted by atomic mass is 15.3. The second kappa shape index (κ2) is 4.45. The van der Waals surface area contributed by atoms with Crippen molar-refractivity contribution >= 4 is 0 Å².